The highest BCUT2D eigenvalue weighted by Crippen LogP contribution is 2.63. The fraction of sp³-hybridized carbons (Fsp3) is 0.0741. The number of rotatable bonds is 0. The first-order valence-electron chi connectivity index (χ1n) is 20.1. The number of benzene rings is 8. The van der Waals surface area contributed by atoms with E-state index < -0.39 is 0 Å². The minimum absolute atomic E-state index is 0.0247. The minimum atomic E-state index is -0.0534. The molecule has 0 unspecified atom stereocenters. The van der Waals surface area contributed by atoms with Crippen molar-refractivity contribution in [1.82, 2.24) is 4.40 Å². The fourth-order valence-electron chi connectivity index (χ4n) is 12.6. The van der Waals surface area contributed by atoms with Crippen molar-refractivity contribution in [2.45, 2.75) is 23.7 Å². The maximum atomic E-state index is 11.2. The van der Waals surface area contributed by atoms with E-state index in [9.17, 15) is 10.5 Å². The van der Waals surface area contributed by atoms with Crippen LogP contribution in [0.1, 0.15) is 102 Å². The van der Waals surface area contributed by atoms with E-state index in [4.69, 9.17) is 4.42 Å². The summed E-state index contributed by atoms with van der Waals surface area (Å²) in [6.07, 6.45) is 0. The molecule has 4 heteroatoms. The van der Waals surface area contributed by atoms with E-state index in [1.807, 2.05) is 6.07 Å². The van der Waals surface area contributed by atoms with Crippen LogP contribution in [-0.4, -0.2) is 4.40 Å². The highest BCUT2D eigenvalue weighted by molar-refractivity contribution is 6.34. The van der Waals surface area contributed by atoms with Gasteiger partial charge in [0, 0.05) is 50.6 Å². The zero-order chi connectivity index (χ0) is 37.7. The number of hydrogen-bond donors (Lipinski definition) is 0. The van der Waals surface area contributed by atoms with Crippen molar-refractivity contribution in [3.63, 3.8) is 0 Å². The van der Waals surface area contributed by atoms with Crippen molar-refractivity contribution in [2.24, 2.45) is 0 Å². The van der Waals surface area contributed by atoms with Gasteiger partial charge in [-0.05, 0) is 91.0 Å². The first-order chi connectivity index (χ1) is 28.7. The predicted molar refractivity (Wildman–Crippen MR) is 227 cm³/mol. The molecule has 0 atom stereocenters. The van der Waals surface area contributed by atoms with Crippen LogP contribution in [0.15, 0.2) is 144 Å². The van der Waals surface area contributed by atoms with Crippen molar-refractivity contribution < 1.29 is 4.42 Å². The lowest BCUT2D eigenvalue weighted by molar-refractivity contribution is 0.673. The highest BCUT2D eigenvalue weighted by atomic mass is 16.3. The first-order valence-corrected chi connectivity index (χ1v) is 20.1. The summed E-state index contributed by atoms with van der Waals surface area (Å²) in [6, 6.07) is 55.9. The van der Waals surface area contributed by atoms with Gasteiger partial charge in [0.15, 0.2) is 0 Å². The molecule has 6 aliphatic rings. The Morgan fingerprint density at radius 1 is 0.414 bits per heavy atom. The van der Waals surface area contributed by atoms with Gasteiger partial charge in [-0.25, -0.2) is 0 Å². The maximum Gasteiger partial charge on any atom is 0.145 e. The molecule has 3 aromatic heterocycles. The van der Waals surface area contributed by atoms with E-state index in [1.54, 1.807) is 0 Å². The monoisotopic (exact) mass is 733 g/mol. The number of aromatic nitrogens is 1. The third kappa shape index (κ3) is 3.09. The summed E-state index contributed by atoms with van der Waals surface area (Å²) < 4.78 is 9.40. The molecule has 6 aliphatic carbocycles. The fourth-order valence-corrected chi connectivity index (χ4v) is 12.6. The molecule has 0 saturated carbocycles. The third-order valence-corrected chi connectivity index (χ3v) is 14.5. The lowest BCUT2D eigenvalue weighted by Crippen LogP contribution is -2.28. The zero-order valence-electron chi connectivity index (χ0n) is 30.8. The molecular formula is C54H27N3O. The lowest BCUT2D eigenvalue weighted by atomic mass is 9.59. The molecule has 264 valence electrons. The maximum absolute atomic E-state index is 11.2. The molecule has 0 N–H and O–H groups in total. The van der Waals surface area contributed by atoms with Crippen LogP contribution < -0.4 is 0 Å². The second kappa shape index (κ2) is 9.82. The Hall–Kier alpha value is -7.66. The molecule has 0 fully saturated rings. The van der Waals surface area contributed by atoms with Crippen LogP contribution >= 0.6 is 0 Å². The Labute approximate surface area is 331 Å². The molecule has 8 aromatic carbocycles. The first kappa shape index (κ1) is 29.6. The molecular weight excluding hydrogens is 707 g/mol. The zero-order valence-corrected chi connectivity index (χ0v) is 30.8. The molecule has 4 bridgehead atoms. The quantitative estimate of drug-likeness (QED) is 0.156. The lowest BCUT2D eigenvalue weighted by Gasteiger charge is -2.43. The number of furan rings is 1. The highest BCUT2D eigenvalue weighted by Gasteiger charge is 2.47. The summed E-state index contributed by atoms with van der Waals surface area (Å²) in [7, 11) is 0. The van der Waals surface area contributed by atoms with Crippen LogP contribution in [0.2, 0.25) is 0 Å². The SMILES string of the molecule is N#Cc1cc2c(c3c1C1c4ccccc4C3c3ccccc31)c1cc3c4ccccc4oc3c3c4c5c(c(C#N)cc4n2c13)C1c2ccccc2C5c2ccccc21. The Kier molecular flexibility index (Phi) is 5.01. The van der Waals surface area contributed by atoms with Crippen LogP contribution in [-0.2, 0) is 0 Å². The largest absolute Gasteiger partial charge is 0.455 e. The predicted octanol–water partition coefficient (Wildman–Crippen LogP) is 12.5. The smallest absolute Gasteiger partial charge is 0.145 e. The Balaban J connectivity index is 1.20. The van der Waals surface area contributed by atoms with Crippen LogP contribution in [0.25, 0.3) is 60.0 Å². The molecule has 58 heavy (non-hydrogen) atoms. The third-order valence-electron chi connectivity index (χ3n) is 14.5. The van der Waals surface area contributed by atoms with Gasteiger partial charge in [0.2, 0.25) is 0 Å². The van der Waals surface area contributed by atoms with Gasteiger partial charge in [0.25, 0.3) is 0 Å². The Morgan fingerprint density at radius 2 is 0.828 bits per heavy atom. The molecule has 0 spiro atoms. The van der Waals surface area contributed by atoms with Gasteiger partial charge >= 0.3 is 0 Å². The molecule has 11 aromatic rings. The van der Waals surface area contributed by atoms with Crippen LogP contribution in [0, 0.1) is 22.7 Å². The number of hydrogen-bond acceptors (Lipinski definition) is 3. The molecule has 4 nitrogen and oxygen atoms in total. The van der Waals surface area contributed by atoms with E-state index >= 15 is 0 Å². The molecule has 0 saturated heterocycles. The summed E-state index contributed by atoms with van der Waals surface area (Å²) in [4.78, 5) is 0. The number of nitrogens with zero attached hydrogens (tertiary/aromatic N) is 3. The van der Waals surface area contributed by atoms with Gasteiger partial charge < -0.3 is 8.82 Å². The van der Waals surface area contributed by atoms with E-state index in [0.717, 1.165) is 65.8 Å². The summed E-state index contributed by atoms with van der Waals surface area (Å²) in [6.45, 7) is 0. The molecule has 0 aliphatic heterocycles. The second-order valence-electron chi connectivity index (χ2n) is 16.7. The van der Waals surface area contributed by atoms with Crippen LogP contribution in [0.5, 0.6) is 0 Å². The van der Waals surface area contributed by atoms with Gasteiger partial charge in [-0.15, -0.1) is 0 Å². The molecule has 0 amide bonds. The van der Waals surface area contributed by atoms with E-state index in [-0.39, 0.29) is 23.7 Å². The van der Waals surface area contributed by atoms with Crippen molar-refractivity contribution >= 4 is 60.0 Å². The minimum Gasteiger partial charge on any atom is -0.455 e. The van der Waals surface area contributed by atoms with Crippen LogP contribution in [0.4, 0.5) is 0 Å². The summed E-state index contributed by atoms with van der Waals surface area (Å²) >= 11 is 0. The van der Waals surface area contributed by atoms with Crippen LogP contribution in [0.3, 0.4) is 0 Å². The Morgan fingerprint density at radius 3 is 1.31 bits per heavy atom. The van der Waals surface area contributed by atoms with E-state index in [0.29, 0.717) is 11.1 Å². The van der Waals surface area contributed by atoms with Crippen molar-refractivity contribution in [1.29, 1.82) is 10.5 Å². The van der Waals surface area contributed by atoms with Gasteiger partial charge in [-0.2, -0.15) is 10.5 Å². The van der Waals surface area contributed by atoms with Crippen molar-refractivity contribution in [2.75, 3.05) is 0 Å². The number of nitriles is 2. The van der Waals surface area contributed by atoms with E-state index in [1.165, 1.54) is 61.0 Å². The average Bonchev–Trinajstić information content (AvgIpc) is 3.94. The molecule has 3 heterocycles. The van der Waals surface area contributed by atoms with Gasteiger partial charge in [0.1, 0.15) is 11.2 Å². The van der Waals surface area contributed by atoms with Gasteiger partial charge in [0.05, 0.1) is 45.2 Å². The van der Waals surface area contributed by atoms with Gasteiger partial charge in [-0.1, -0.05) is 115 Å². The summed E-state index contributed by atoms with van der Waals surface area (Å²) in [5, 5.41) is 29.1. The number of para-hydroxylation sites is 1. The second-order valence-corrected chi connectivity index (χ2v) is 16.7. The molecule has 0 radical (unpaired) electrons. The summed E-state index contributed by atoms with van der Waals surface area (Å²) in [5.41, 5.74) is 21.3. The van der Waals surface area contributed by atoms with Crippen molar-refractivity contribution in [3.8, 4) is 12.1 Å². The number of fused-ring (bicyclic) bond motifs is 10. The topological polar surface area (TPSA) is 65.1 Å². The summed E-state index contributed by atoms with van der Waals surface area (Å²) in [5.74, 6) is -0.164. The molecule has 17 rings (SSSR count). The van der Waals surface area contributed by atoms with Gasteiger partial charge in [-0.3, -0.25) is 0 Å². The normalized spacial score (nSPS) is 19.0. The van der Waals surface area contributed by atoms with E-state index in [2.05, 4.69) is 150 Å². The standard InChI is InChI=1S/C54H27N3O/c55-24-26-21-39-48(50-42(26)44-29-12-1-5-16-33(29)46(50)34-17-6-2-13-30(34)44)38-23-37-28-11-9-10-20-41(28)58-54(37)52-49-40(57(39)53(38)52)22-27(25-56)43-45-31-14-3-7-18-35(31)47(51(43)49)36-19-8-4-15-32(36)45/h1-23,44-47H. The average molecular weight is 734 g/mol. The van der Waals surface area contributed by atoms with Crippen molar-refractivity contribution in [3.05, 3.63) is 217 Å². The Bertz CT molecular complexity index is 3770.